The van der Waals surface area contributed by atoms with Gasteiger partial charge in [0.25, 0.3) is 23.6 Å². The molecule has 0 aromatic heterocycles. The van der Waals surface area contributed by atoms with E-state index in [0.717, 1.165) is 21.9 Å². The first-order valence-corrected chi connectivity index (χ1v) is 18.8. The number of nitrogens with one attached hydrogen (secondary N) is 4. The molecule has 0 fully saturated rings. The summed E-state index contributed by atoms with van der Waals surface area (Å²) in [7, 11) is 0. The maximum atomic E-state index is 14.0. The summed E-state index contributed by atoms with van der Waals surface area (Å²) in [5.41, 5.74) is 3.99. The van der Waals surface area contributed by atoms with Crippen LogP contribution in [0.3, 0.4) is 0 Å². The molecule has 286 valence electrons. The molecule has 9 rings (SSSR count). The third-order valence-electron chi connectivity index (χ3n) is 10.4. The number of benzene rings is 8. The molecule has 0 saturated heterocycles. The predicted molar refractivity (Wildman–Crippen MR) is 230 cm³/mol. The minimum Gasteiger partial charge on any atom is -0.507 e. The Hall–Kier alpha value is -8.24. The van der Waals surface area contributed by atoms with Gasteiger partial charge in [-0.05, 0) is 117 Å². The maximum absolute atomic E-state index is 14.0. The van der Waals surface area contributed by atoms with Crippen molar-refractivity contribution in [2.75, 3.05) is 10.6 Å². The Morgan fingerprint density at radius 3 is 1.56 bits per heavy atom. The number of amides is 4. The third-order valence-corrected chi connectivity index (χ3v) is 10.4. The van der Waals surface area contributed by atoms with Crippen LogP contribution in [0.15, 0.2) is 164 Å². The number of fused-ring (bicyclic) bond motifs is 2. The summed E-state index contributed by atoms with van der Waals surface area (Å²) >= 11 is 0. The van der Waals surface area contributed by atoms with Crippen LogP contribution in [0.5, 0.6) is 11.5 Å². The van der Waals surface area contributed by atoms with Gasteiger partial charge in [0, 0.05) is 33.8 Å². The van der Waals surface area contributed by atoms with Gasteiger partial charge in [0.2, 0.25) is 0 Å². The summed E-state index contributed by atoms with van der Waals surface area (Å²) in [6.45, 7) is 0. The highest BCUT2D eigenvalue weighted by Crippen LogP contribution is 2.38. The molecule has 4 amide bonds. The van der Waals surface area contributed by atoms with E-state index in [1.165, 1.54) is 12.1 Å². The molecule has 8 aromatic rings. The van der Waals surface area contributed by atoms with Gasteiger partial charge in [0.1, 0.15) is 11.5 Å². The highest BCUT2D eigenvalue weighted by Gasteiger charge is 2.26. The van der Waals surface area contributed by atoms with Crippen LogP contribution in [0.1, 0.15) is 58.6 Å². The maximum Gasteiger partial charge on any atom is 0.259 e. The van der Waals surface area contributed by atoms with E-state index in [2.05, 4.69) is 21.3 Å². The molecular weight excluding hydrogens is 741 g/mol. The lowest BCUT2D eigenvalue weighted by molar-refractivity contribution is 0.0942. The number of para-hydroxylation sites is 2. The molecule has 0 spiro atoms. The fraction of sp³-hybridized carbons (Fsp3) is 0.0204. The number of phenols is 2. The van der Waals surface area contributed by atoms with E-state index in [1.807, 2.05) is 60.7 Å². The van der Waals surface area contributed by atoms with E-state index in [-0.39, 0.29) is 28.5 Å². The molecule has 10 heteroatoms. The fourth-order valence-electron chi connectivity index (χ4n) is 7.50. The molecule has 6 N–H and O–H groups in total. The SMILES string of the molecule is O=C(Nc1ccccc1)c1ccc2cc(O)c(C(=O)NC3=CC(NC(=O)c4ccc5cc(O)c(C(=O)Nc6ccccc6)cc5c4)c4cccc5cccc3c45)cc2c1. The lowest BCUT2D eigenvalue weighted by Crippen LogP contribution is -2.31. The Balaban J connectivity index is 1.00. The highest BCUT2D eigenvalue weighted by atomic mass is 16.3. The van der Waals surface area contributed by atoms with Crippen LogP contribution in [-0.4, -0.2) is 33.8 Å². The van der Waals surface area contributed by atoms with Crippen molar-refractivity contribution in [3.8, 4) is 11.5 Å². The van der Waals surface area contributed by atoms with Crippen molar-refractivity contribution in [3.63, 3.8) is 0 Å². The molecule has 0 bridgehead atoms. The second kappa shape index (κ2) is 15.0. The van der Waals surface area contributed by atoms with Gasteiger partial charge in [0.15, 0.2) is 0 Å². The number of anilines is 2. The third kappa shape index (κ3) is 7.18. The zero-order chi connectivity index (χ0) is 40.6. The fourth-order valence-corrected chi connectivity index (χ4v) is 7.50. The van der Waals surface area contributed by atoms with E-state index in [1.54, 1.807) is 91.0 Å². The van der Waals surface area contributed by atoms with Crippen LogP contribution in [-0.2, 0) is 0 Å². The summed E-state index contributed by atoms with van der Waals surface area (Å²) in [6.07, 6.45) is 1.77. The molecule has 1 aliphatic carbocycles. The van der Waals surface area contributed by atoms with Crippen LogP contribution in [0.2, 0.25) is 0 Å². The number of hydrogen-bond donors (Lipinski definition) is 6. The van der Waals surface area contributed by atoms with Crippen molar-refractivity contribution < 1.29 is 29.4 Å². The molecule has 0 radical (unpaired) electrons. The van der Waals surface area contributed by atoms with E-state index < -0.39 is 23.8 Å². The van der Waals surface area contributed by atoms with Crippen LogP contribution in [0, 0.1) is 0 Å². The van der Waals surface area contributed by atoms with Crippen molar-refractivity contribution in [3.05, 3.63) is 197 Å². The van der Waals surface area contributed by atoms with Crippen molar-refractivity contribution in [1.82, 2.24) is 10.6 Å². The van der Waals surface area contributed by atoms with E-state index in [0.29, 0.717) is 49.7 Å². The van der Waals surface area contributed by atoms with Crippen LogP contribution in [0.4, 0.5) is 11.4 Å². The molecule has 59 heavy (non-hydrogen) atoms. The van der Waals surface area contributed by atoms with Crippen molar-refractivity contribution in [1.29, 1.82) is 0 Å². The number of aromatic hydroxyl groups is 2. The second-order valence-corrected chi connectivity index (χ2v) is 14.2. The minimum absolute atomic E-state index is 0.00431. The van der Waals surface area contributed by atoms with Gasteiger partial charge in [-0.1, -0.05) is 84.9 Å². The van der Waals surface area contributed by atoms with Gasteiger partial charge >= 0.3 is 0 Å². The first kappa shape index (κ1) is 36.4. The second-order valence-electron chi connectivity index (χ2n) is 14.2. The number of hydrogen-bond acceptors (Lipinski definition) is 6. The zero-order valence-corrected chi connectivity index (χ0v) is 31.2. The molecule has 0 heterocycles. The molecule has 0 saturated carbocycles. The Morgan fingerprint density at radius 2 is 0.966 bits per heavy atom. The van der Waals surface area contributed by atoms with Gasteiger partial charge in [-0.25, -0.2) is 0 Å². The number of carbonyl (C=O) groups excluding carboxylic acids is 4. The molecule has 0 aliphatic heterocycles. The first-order valence-electron chi connectivity index (χ1n) is 18.8. The number of phenolic OH excluding ortho intramolecular Hbond substituents is 2. The number of rotatable bonds is 8. The van der Waals surface area contributed by atoms with Crippen LogP contribution >= 0.6 is 0 Å². The lowest BCUT2D eigenvalue weighted by Gasteiger charge is -2.26. The predicted octanol–water partition coefficient (Wildman–Crippen LogP) is 9.32. The Labute approximate surface area is 337 Å². The van der Waals surface area contributed by atoms with E-state index >= 15 is 0 Å². The average molecular weight is 775 g/mol. The molecule has 8 aromatic carbocycles. The summed E-state index contributed by atoms with van der Waals surface area (Å²) < 4.78 is 0. The van der Waals surface area contributed by atoms with E-state index in [9.17, 15) is 29.4 Å². The van der Waals surface area contributed by atoms with Gasteiger partial charge in [-0.15, -0.1) is 0 Å². The Kier molecular flexibility index (Phi) is 9.26. The van der Waals surface area contributed by atoms with Crippen LogP contribution in [0.25, 0.3) is 38.0 Å². The van der Waals surface area contributed by atoms with Gasteiger partial charge in [-0.2, -0.15) is 0 Å². The van der Waals surface area contributed by atoms with E-state index in [4.69, 9.17) is 0 Å². The normalized spacial score (nSPS) is 13.1. The zero-order valence-electron chi connectivity index (χ0n) is 31.2. The van der Waals surface area contributed by atoms with Gasteiger partial charge in [-0.3, -0.25) is 19.2 Å². The standard InChI is InChI=1S/C49H34N4O6/c54-43-25-30-18-20-32(22-34(30)23-39(43)48(58)51-36-13-5-2-6-14-36)47(57)52-41-27-42(38-16-8-10-28-9-7-15-37(41)45(28)38)53-49(59)40-24-33-21-31(19-17-29(33)26-44(40)55)46(56)50-35-11-3-1-4-12-35/h1-27,41,54-55H,(H,50,56)(H,51,58)(H,52,57)(H,53,59). The highest BCUT2D eigenvalue weighted by molar-refractivity contribution is 6.11. The molecule has 1 atom stereocenters. The Bertz CT molecular complexity index is 3050. The van der Waals surface area contributed by atoms with Gasteiger partial charge < -0.3 is 31.5 Å². The largest absolute Gasteiger partial charge is 0.507 e. The summed E-state index contributed by atoms with van der Waals surface area (Å²) in [6, 6.07) is 44.9. The van der Waals surface area contributed by atoms with Gasteiger partial charge in [0.05, 0.1) is 17.2 Å². The summed E-state index contributed by atoms with van der Waals surface area (Å²) in [4.78, 5) is 54.2. The quantitative estimate of drug-likeness (QED) is 0.0904. The topological polar surface area (TPSA) is 157 Å². The minimum atomic E-state index is -0.671. The van der Waals surface area contributed by atoms with Crippen molar-refractivity contribution in [2.45, 2.75) is 6.04 Å². The number of carbonyl (C=O) groups is 4. The monoisotopic (exact) mass is 774 g/mol. The summed E-state index contributed by atoms with van der Waals surface area (Å²) in [5, 5.41) is 37.7. The smallest absolute Gasteiger partial charge is 0.259 e. The molecule has 1 unspecified atom stereocenters. The molecule has 1 aliphatic rings. The Morgan fingerprint density at radius 1 is 0.441 bits per heavy atom. The van der Waals surface area contributed by atoms with Crippen molar-refractivity contribution >= 4 is 73.0 Å². The van der Waals surface area contributed by atoms with Crippen molar-refractivity contribution in [2.24, 2.45) is 0 Å². The molecule has 10 nitrogen and oxygen atoms in total. The summed E-state index contributed by atoms with van der Waals surface area (Å²) in [5.74, 6) is -2.22. The lowest BCUT2D eigenvalue weighted by atomic mass is 9.88. The van der Waals surface area contributed by atoms with Crippen LogP contribution < -0.4 is 21.3 Å². The molecular formula is C49H34N4O6. The first-order chi connectivity index (χ1) is 28.7. The average Bonchev–Trinajstić information content (AvgIpc) is 3.25.